The number of fused-ring (bicyclic) bond motifs is 2. The Hall–Kier alpha value is -2.00. The number of nitriles is 1. The molecule has 106 valence electrons. The molecule has 0 aliphatic carbocycles. The molecular formula is C14H18N4O2. The van der Waals surface area contributed by atoms with Crippen molar-refractivity contribution in [2.75, 3.05) is 13.2 Å². The van der Waals surface area contributed by atoms with Crippen LogP contribution in [0.15, 0.2) is 11.5 Å². The van der Waals surface area contributed by atoms with Crippen LogP contribution in [0.5, 0.6) is 5.88 Å². The highest BCUT2D eigenvalue weighted by atomic mass is 16.5. The number of hydrogen-bond acceptors (Lipinski definition) is 5. The van der Waals surface area contributed by atoms with E-state index in [1.165, 1.54) is 0 Å². The van der Waals surface area contributed by atoms with Crippen LogP contribution in [0.2, 0.25) is 0 Å². The molecule has 0 atom stereocenters. The van der Waals surface area contributed by atoms with E-state index in [0.29, 0.717) is 24.7 Å². The third-order valence-electron chi connectivity index (χ3n) is 4.18. The first-order chi connectivity index (χ1) is 9.73. The Morgan fingerprint density at radius 2 is 2.20 bits per heavy atom. The zero-order valence-electron chi connectivity index (χ0n) is 11.5. The largest absolute Gasteiger partial charge is 0.420 e. The number of aromatic nitrogens is 2. The molecule has 1 aromatic rings. The average Bonchev–Trinajstić information content (AvgIpc) is 2.84. The zero-order valence-corrected chi connectivity index (χ0v) is 11.5. The van der Waals surface area contributed by atoms with Crippen molar-refractivity contribution >= 4 is 0 Å². The van der Waals surface area contributed by atoms with E-state index in [9.17, 15) is 5.26 Å². The van der Waals surface area contributed by atoms with Crippen LogP contribution in [-0.4, -0.2) is 23.4 Å². The smallest absolute Gasteiger partial charge is 0.244 e. The molecule has 1 saturated heterocycles. The predicted octanol–water partition coefficient (Wildman–Crippen LogP) is 1.50. The van der Waals surface area contributed by atoms with Crippen molar-refractivity contribution in [3.63, 3.8) is 0 Å². The molecule has 0 radical (unpaired) electrons. The lowest BCUT2D eigenvalue weighted by Gasteiger charge is -2.39. The Balaban J connectivity index is 2.18. The quantitative estimate of drug-likeness (QED) is 0.851. The molecular weight excluding hydrogens is 256 g/mol. The van der Waals surface area contributed by atoms with Gasteiger partial charge in [0.1, 0.15) is 11.6 Å². The summed E-state index contributed by atoms with van der Waals surface area (Å²) in [6, 6.07) is 2.25. The highest BCUT2D eigenvalue weighted by molar-refractivity contribution is 5.54. The minimum absolute atomic E-state index is 0.177. The van der Waals surface area contributed by atoms with E-state index in [1.54, 1.807) is 0 Å². The minimum Gasteiger partial charge on any atom is -0.420 e. The fourth-order valence-electron chi connectivity index (χ4n) is 3.26. The van der Waals surface area contributed by atoms with Crippen LogP contribution in [0.25, 0.3) is 0 Å². The van der Waals surface area contributed by atoms with Crippen LogP contribution in [-0.2, 0) is 16.6 Å². The predicted molar refractivity (Wildman–Crippen MR) is 71.8 cm³/mol. The van der Waals surface area contributed by atoms with Crippen LogP contribution >= 0.6 is 0 Å². The van der Waals surface area contributed by atoms with Gasteiger partial charge in [-0.2, -0.15) is 5.26 Å². The van der Waals surface area contributed by atoms with Crippen LogP contribution in [0.3, 0.4) is 0 Å². The lowest BCUT2D eigenvalue weighted by atomic mass is 9.68. The van der Waals surface area contributed by atoms with Crippen molar-refractivity contribution in [1.29, 1.82) is 5.26 Å². The van der Waals surface area contributed by atoms with E-state index in [0.717, 1.165) is 36.9 Å². The van der Waals surface area contributed by atoms with Gasteiger partial charge in [0.15, 0.2) is 0 Å². The third-order valence-corrected chi connectivity index (χ3v) is 4.18. The minimum atomic E-state index is -0.401. The van der Waals surface area contributed by atoms with E-state index < -0.39 is 5.41 Å². The van der Waals surface area contributed by atoms with Crippen molar-refractivity contribution in [2.45, 2.75) is 38.0 Å². The molecule has 6 nitrogen and oxygen atoms in total. The third kappa shape index (κ3) is 1.70. The number of hydrogen-bond donors (Lipinski definition) is 2. The molecule has 1 spiro atoms. The molecule has 0 aromatic carbocycles. The lowest BCUT2D eigenvalue weighted by Crippen LogP contribution is -2.40. The summed E-state index contributed by atoms with van der Waals surface area (Å²) in [5, 5.41) is 16.8. The van der Waals surface area contributed by atoms with Gasteiger partial charge in [-0.25, -0.2) is 0 Å². The van der Waals surface area contributed by atoms with Crippen LogP contribution in [0.4, 0.5) is 0 Å². The molecule has 6 heteroatoms. The van der Waals surface area contributed by atoms with E-state index in [2.05, 4.69) is 23.2 Å². The molecule has 3 rings (SSSR count). The molecule has 0 amide bonds. The Morgan fingerprint density at radius 1 is 1.45 bits per heavy atom. The van der Waals surface area contributed by atoms with E-state index in [-0.39, 0.29) is 5.88 Å². The van der Waals surface area contributed by atoms with Crippen molar-refractivity contribution < 1.29 is 9.47 Å². The van der Waals surface area contributed by atoms with Crippen molar-refractivity contribution in [1.82, 2.24) is 10.2 Å². The maximum absolute atomic E-state index is 9.52. The van der Waals surface area contributed by atoms with E-state index in [4.69, 9.17) is 15.2 Å². The highest BCUT2D eigenvalue weighted by Gasteiger charge is 2.48. The Bertz CT molecular complexity index is 591. The molecule has 1 aromatic heterocycles. The summed E-state index contributed by atoms with van der Waals surface area (Å²) in [4.78, 5) is 0. The monoisotopic (exact) mass is 274 g/mol. The fraction of sp³-hybridized carbons (Fsp3) is 0.571. The number of aryl methyl sites for hydroxylation is 1. The second-order valence-electron chi connectivity index (χ2n) is 5.28. The second-order valence-corrected chi connectivity index (χ2v) is 5.28. The molecule has 0 bridgehead atoms. The van der Waals surface area contributed by atoms with Gasteiger partial charge in [0.25, 0.3) is 0 Å². The maximum Gasteiger partial charge on any atom is 0.244 e. The Morgan fingerprint density at radius 3 is 2.85 bits per heavy atom. The lowest BCUT2D eigenvalue weighted by molar-refractivity contribution is 0.0589. The fourth-order valence-corrected chi connectivity index (χ4v) is 3.26. The normalized spacial score (nSPS) is 20.4. The highest BCUT2D eigenvalue weighted by Crippen LogP contribution is 2.49. The van der Waals surface area contributed by atoms with Crippen molar-refractivity contribution in [2.24, 2.45) is 5.73 Å². The number of nitrogens with zero attached hydrogens (tertiary/aromatic N) is 2. The van der Waals surface area contributed by atoms with Gasteiger partial charge in [-0.15, -0.1) is 5.10 Å². The Kier molecular flexibility index (Phi) is 3.14. The topological polar surface area (TPSA) is 97.0 Å². The van der Waals surface area contributed by atoms with Gasteiger partial charge in [-0.3, -0.25) is 5.10 Å². The van der Waals surface area contributed by atoms with E-state index >= 15 is 0 Å². The van der Waals surface area contributed by atoms with Gasteiger partial charge < -0.3 is 15.2 Å². The molecule has 1 fully saturated rings. The van der Waals surface area contributed by atoms with Crippen LogP contribution in [0, 0.1) is 11.3 Å². The summed E-state index contributed by atoms with van der Waals surface area (Å²) in [6.45, 7) is 3.35. The number of rotatable bonds is 2. The SMILES string of the molecule is CCCc1[nH]nc2c1C1(CCOCC1)C(C#N)=C(N)O2. The number of aromatic amines is 1. The summed E-state index contributed by atoms with van der Waals surface area (Å²) in [7, 11) is 0. The molecule has 20 heavy (non-hydrogen) atoms. The van der Waals surface area contributed by atoms with Crippen molar-refractivity contribution in [3.8, 4) is 11.9 Å². The van der Waals surface area contributed by atoms with Gasteiger partial charge in [0, 0.05) is 29.9 Å². The summed E-state index contributed by atoms with van der Waals surface area (Å²) in [5.74, 6) is 0.697. The van der Waals surface area contributed by atoms with Gasteiger partial charge >= 0.3 is 0 Å². The zero-order chi connectivity index (χ0) is 14.2. The van der Waals surface area contributed by atoms with Crippen LogP contribution < -0.4 is 10.5 Å². The summed E-state index contributed by atoms with van der Waals surface area (Å²) < 4.78 is 11.0. The summed E-state index contributed by atoms with van der Waals surface area (Å²) >= 11 is 0. The van der Waals surface area contributed by atoms with Gasteiger partial charge in [0.2, 0.25) is 11.8 Å². The second kappa shape index (κ2) is 4.84. The van der Waals surface area contributed by atoms with E-state index in [1.807, 2.05) is 0 Å². The molecule has 0 unspecified atom stereocenters. The Labute approximate surface area is 117 Å². The first kappa shape index (κ1) is 13.0. The summed E-state index contributed by atoms with van der Waals surface area (Å²) in [6.07, 6.45) is 3.36. The molecule has 0 saturated carbocycles. The van der Waals surface area contributed by atoms with Crippen molar-refractivity contribution in [3.05, 3.63) is 22.7 Å². The molecule has 3 N–H and O–H groups in total. The number of allylic oxidation sites excluding steroid dienone is 1. The molecule has 2 aliphatic rings. The first-order valence-electron chi connectivity index (χ1n) is 6.96. The molecule has 2 aliphatic heterocycles. The first-order valence-corrected chi connectivity index (χ1v) is 6.96. The van der Waals surface area contributed by atoms with Gasteiger partial charge in [-0.05, 0) is 19.3 Å². The number of ether oxygens (including phenoxy) is 2. The maximum atomic E-state index is 9.52. The van der Waals surface area contributed by atoms with Gasteiger partial charge in [0.05, 0.1) is 0 Å². The number of H-pyrrole nitrogens is 1. The van der Waals surface area contributed by atoms with Crippen LogP contribution in [0.1, 0.15) is 37.4 Å². The van der Waals surface area contributed by atoms with Gasteiger partial charge in [-0.1, -0.05) is 13.3 Å². The average molecular weight is 274 g/mol. The molecule has 3 heterocycles. The summed E-state index contributed by atoms with van der Waals surface area (Å²) in [5.41, 5.74) is 8.11. The number of nitrogens with two attached hydrogens (primary N) is 1. The number of nitrogens with one attached hydrogen (secondary N) is 1. The standard InChI is InChI=1S/C14H18N4O2/c1-2-3-10-11-13(18-17-10)20-12(16)9(8-15)14(11)4-6-19-7-5-14/h2-7,16H2,1H3,(H,17,18).